The van der Waals surface area contributed by atoms with Crippen LogP contribution in [0.15, 0.2) is 24.3 Å². The number of halogens is 2. The molecule has 20 heavy (non-hydrogen) atoms. The van der Waals surface area contributed by atoms with Crippen molar-refractivity contribution in [3.8, 4) is 0 Å². The van der Waals surface area contributed by atoms with Gasteiger partial charge in [-0.25, -0.2) is 13.5 Å². The maximum atomic E-state index is 13.5. The van der Waals surface area contributed by atoms with Gasteiger partial charge in [-0.05, 0) is 25.5 Å². The lowest BCUT2D eigenvalue weighted by Gasteiger charge is -2.08. The van der Waals surface area contributed by atoms with Crippen molar-refractivity contribution in [2.45, 2.75) is 26.8 Å². The first kappa shape index (κ1) is 14.2. The minimum Gasteiger partial charge on any atom is -0.307 e. The largest absolute Gasteiger partial charge is 0.307 e. The predicted octanol–water partition coefficient (Wildman–Crippen LogP) is 3.13. The monoisotopic (exact) mass is 279 g/mol. The third-order valence-electron chi connectivity index (χ3n) is 2.75. The van der Waals surface area contributed by atoms with Crippen LogP contribution >= 0.6 is 0 Å². The van der Waals surface area contributed by atoms with Gasteiger partial charge in [0.2, 0.25) is 0 Å². The lowest BCUT2D eigenvalue weighted by atomic mass is 10.2. The first-order chi connectivity index (χ1) is 9.51. The Hall–Kier alpha value is -2.24. The first-order valence-corrected chi connectivity index (χ1v) is 6.32. The predicted molar refractivity (Wildman–Crippen MR) is 71.6 cm³/mol. The molecule has 0 saturated carbocycles. The molecule has 4 nitrogen and oxygen atoms in total. The van der Waals surface area contributed by atoms with Gasteiger partial charge >= 0.3 is 0 Å². The molecule has 0 unspecified atom stereocenters. The van der Waals surface area contributed by atoms with Gasteiger partial charge in [0.25, 0.3) is 5.91 Å². The van der Waals surface area contributed by atoms with Crippen molar-refractivity contribution in [3.05, 3.63) is 47.2 Å². The van der Waals surface area contributed by atoms with Crippen LogP contribution in [-0.4, -0.2) is 15.7 Å². The summed E-state index contributed by atoms with van der Waals surface area (Å²) >= 11 is 0. The molecule has 0 bridgehead atoms. The van der Waals surface area contributed by atoms with Crippen LogP contribution < -0.4 is 5.32 Å². The summed E-state index contributed by atoms with van der Waals surface area (Å²) in [5.41, 5.74) is 0.557. The van der Waals surface area contributed by atoms with Crippen molar-refractivity contribution in [1.29, 1.82) is 0 Å². The molecule has 106 valence electrons. The Kier molecular flexibility index (Phi) is 4.12. The zero-order chi connectivity index (χ0) is 14.7. The number of aromatic nitrogens is 2. The highest BCUT2D eigenvalue weighted by molar-refractivity contribution is 6.04. The Balaban J connectivity index is 2.23. The van der Waals surface area contributed by atoms with E-state index < -0.39 is 17.5 Å². The van der Waals surface area contributed by atoms with Crippen molar-refractivity contribution in [2.75, 3.05) is 5.32 Å². The van der Waals surface area contributed by atoms with Crippen LogP contribution in [0.2, 0.25) is 0 Å². The summed E-state index contributed by atoms with van der Waals surface area (Å²) in [6.07, 6.45) is 0.856. The first-order valence-electron chi connectivity index (χ1n) is 6.32. The van der Waals surface area contributed by atoms with Gasteiger partial charge in [-0.15, -0.1) is 0 Å². The highest BCUT2D eigenvalue weighted by atomic mass is 19.1. The Morgan fingerprint density at radius 1 is 1.35 bits per heavy atom. The fourth-order valence-corrected chi connectivity index (χ4v) is 1.89. The smallest absolute Gasteiger partial charge is 0.259 e. The van der Waals surface area contributed by atoms with Crippen LogP contribution in [0.1, 0.15) is 29.4 Å². The van der Waals surface area contributed by atoms with E-state index in [0.29, 0.717) is 18.4 Å². The SMILES string of the molecule is CCCn1nc(C)cc1NC(=O)c1ccc(F)cc1F. The third kappa shape index (κ3) is 3.01. The topological polar surface area (TPSA) is 46.9 Å². The van der Waals surface area contributed by atoms with E-state index in [4.69, 9.17) is 0 Å². The molecule has 2 aromatic rings. The summed E-state index contributed by atoms with van der Waals surface area (Å²) in [7, 11) is 0. The summed E-state index contributed by atoms with van der Waals surface area (Å²) in [5, 5.41) is 6.82. The number of hydrogen-bond donors (Lipinski definition) is 1. The standard InChI is InChI=1S/C14H15F2N3O/c1-3-6-19-13(7-9(2)18-19)17-14(20)11-5-4-10(15)8-12(11)16/h4-5,7-8H,3,6H2,1-2H3,(H,17,20). The Bertz CT molecular complexity index is 637. The number of benzene rings is 1. The number of hydrogen-bond acceptors (Lipinski definition) is 2. The molecule has 1 aromatic heterocycles. The number of nitrogens with one attached hydrogen (secondary N) is 1. The normalized spacial score (nSPS) is 10.6. The molecule has 1 N–H and O–H groups in total. The van der Waals surface area contributed by atoms with Crippen LogP contribution in [0.4, 0.5) is 14.6 Å². The van der Waals surface area contributed by atoms with E-state index in [9.17, 15) is 13.6 Å². The molecule has 0 radical (unpaired) electrons. The quantitative estimate of drug-likeness (QED) is 0.934. The summed E-state index contributed by atoms with van der Waals surface area (Å²) in [4.78, 5) is 12.0. The lowest BCUT2D eigenvalue weighted by Crippen LogP contribution is -2.17. The van der Waals surface area contributed by atoms with Crippen molar-refractivity contribution in [3.63, 3.8) is 0 Å². The Morgan fingerprint density at radius 3 is 2.75 bits per heavy atom. The van der Waals surface area contributed by atoms with E-state index in [0.717, 1.165) is 24.2 Å². The molecule has 1 amide bonds. The molecule has 0 aliphatic carbocycles. The third-order valence-corrected chi connectivity index (χ3v) is 2.75. The molecule has 0 aliphatic rings. The molecular weight excluding hydrogens is 264 g/mol. The molecule has 0 atom stereocenters. The number of amides is 1. The fourth-order valence-electron chi connectivity index (χ4n) is 1.89. The summed E-state index contributed by atoms with van der Waals surface area (Å²) in [6, 6.07) is 4.55. The fraction of sp³-hybridized carbons (Fsp3) is 0.286. The molecule has 0 saturated heterocycles. The lowest BCUT2D eigenvalue weighted by molar-refractivity contribution is 0.102. The van der Waals surface area contributed by atoms with Crippen LogP contribution in [0.5, 0.6) is 0 Å². The second kappa shape index (κ2) is 5.81. The van der Waals surface area contributed by atoms with Gasteiger partial charge < -0.3 is 5.32 Å². The number of rotatable bonds is 4. The van der Waals surface area contributed by atoms with E-state index in [1.54, 1.807) is 17.7 Å². The summed E-state index contributed by atoms with van der Waals surface area (Å²) in [6.45, 7) is 4.44. The maximum absolute atomic E-state index is 13.5. The maximum Gasteiger partial charge on any atom is 0.259 e. The minimum absolute atomic E-state index is 0.201. The van der Waals surface area contributed by atoms with Crippen LogP contribution in [0.25, 0.3) is 0 Å². The van der Waals surface area contributed by atoms with Gasteiger partial charge in [0.05, 0.1) is 11.3 Å². The zero-order valence-corrected chi connectivity index (χ0v) is 11.3. The van der Waals surface area contributed by atoms with Crippen LogP contribution in [0, 0.1) is 18.6 Å². The van der Waals surface area contributed by atoms with Gasteiger partial charge in [0.15, 0.2) is 0 Å². The number of aryl methyl sites for hydroxylation is 2. The average Bonchev–Trinajstić information content (AvgIpc) is 2.69. The second-order valence-electron chi connectivity index (χ2n) is 4.47. The molecule has 0 spiro atoms. The van der Waals surface area contributed by atoms with E-state index in [2.05, 4.69) is 10.4 Å². The Labute approximate surface area is 115 Å². The van der Waals surface area contributed by atoms with Gasteiger partial charge in [-0.2, -0.15) is 5.10 Å². The summed E-state index contributed by atoms with van der Waals surface area (Å²) < 4.78 is 28.0. The number of nitrogens with zero attached hydrogens (tertiary/aromatic N) is 2. The van der Waals surface area contributed by atoms with Gasteiger partial charge in [0, 0.05) is 18.7 Å². The van der Waals surface area contributed by atoms with Crippen molar-refractivity contribution >= 4 is 11.7 Å². The average molecular weight is 279 g/mol. The van der Waals surface area contributed by atoms with Crippen molar-refractivity contribution < 1.29 is 13.6 Å². The highest BCUT2D eigenvalue weighted by Crippen LogP contribution is 2.15. The molecule has 6 heteroatoms. The number of carbonyl (C=O) groups excluding carboxylic acids is 1. The Morgan fingerprint density at radius 2 is 2.10 bits per heavy atom. The molecule has 0 aliphatic heterocycles. The molecule has 0 fully saturated rings. The van der Waals surface area contributed by atoms with Crippen LogP contribution in [-0.2, 0) is 6.54 Å². The summed E-state index contributed by atoms with van der Waals surface area (Å²) in [5.74, 6) is -1.73. The van der Waals surface area contributed by atoms with E-state index in [1.807, 2.05) is 6.92 Å². The van der Waals surface area contributed by atoms with Crippen molar-refractivity contribution in [1.82, 2.24) is 9.78 Å². The van der Waals surface area contributed by atoms with Crippen molar-refractivity contribution in [2.24, 2.45) is 0 Å². The van der Waals surface area contributed by atoms with Gasteiger partial charge in [0.1, 0.15) is 17.5 Å². The zero-order valence-electron chi connectivity index (χ0n) is 11.3. The second-order valence-corrected chi connectivity index (χ2v) is 4.47. The number of anilines is 1. The minimum atomic E-state index is -0.888. The van der Waals surface area contributed by atoms with E-state index in [1.165, 1.54) is 0 Å². The highest BCUT2D eigenvalue weighted by Gasteiger charge is 2.15. The van der Waals surface area contributed by atoms with Gasteiger partial charge in [-0.1, -0.05) is 6.92 Å². The molecule has 1 aromatic carbocycles. The van der Waals surface area contributed by atoms with Crippen LogP contribution in [0.3, 0.4) is 0 Å². The van der Waals surface area contributed by atoms with E-state index >= 15 is 0 Å². The van der Waals surface area contributed by atoms with Gasteiger partial charge in [-0.3, -0.25) is 4.79 Å². The molecule has 1 heterocycles. The molecule has 2 rings (SSSR count). The van der Waals surface area contributed by atoms with E-state index in [-0.39, 0.29) is 5.56 Å². The number of carbonyl (C=O) groups is 1. The molecular formula is C14H15F2N3O.